The second-order valence-electron chi connectivity index (χ2n) is 4.98. The lowest BCUT2D eigenvalue weighted by Gasteiger charge is -2.30. The topological polar surface area (TPSA) is 80.0 Å². The molecule has 1 aliphatic carbocycles. The number of benzene rings is 1. The van der Waals surface area contributed by atoms with Gasteiger partial charge in [-0.25, -0.2) is 15.2 Å². The maximum absolute atomic E-state index is 13.9. The van der Waals surface area contributed by atoms with Gasteiger partial charge in [0.1, 0.15) is 0 Å². The van der Waals surface area contributed by atoms with Crippen LogP contribution in [-0.2, 0) is 6.42 Å². The molecule has 1 amide bonds. The number of aromatic nitrogens is 1. The first kappa shape index (κ1) is 13.5. The summed E-state index contributed by atoms with van der Waals surface area (Å²) >= 11 is 0. The molecule has 5 nitrogen and oxygen atoms in total. The van der Waals surface area contributed by atoms with Gasteiger partial charge in [-0.15, -0.1) is 0 Å². The predicted molar refractivity (Wildman–Crippen MR) is 77.2 cm³/mol. The van der Waals surface area contributed by atoms with E-state index in [9.17, 15) is 9.18 Å². The summed E-state index contributed by atoms with van der Waals surface area (Å²) in [7, 11) is 0. The van der Waals surface area contributed by atoms with Crippen LogP contribution in [-0.4, -0.2) is 17.4 Å². The summed E-state index contributed by atoms with van der Waals surface area (Å²) in [5.74, 6) is 4.09. The highest BCUT2D eigenvalue weighted by Gasteiger charge is 2.26. The van der Waals surface area contributed by atoms with Crippen molar-refractivity contribution in [3.8, 4) is 0 Å². The summed E-state index contributed by atoms with van der Waals surface area (Å²) in [5.41, 5.74) is 4.61. The lowest BCUT2D eigenvalue weighted by atomic mass is 9.77. The van der Waals surface area contributed by atoms with E-state index < -0.39 is 11.7 Å². The van der Waals surface area contributed by atoms with Crippen LogP contribution in [0.2, 0.25) is 0 Å². The fraction of sp³-hybridized carbons (Fsp3) is 0.200. The smallest absolute Gasteiger partial charge is 0.254 e. The number of hydrazine groups is 1. The molecule has 3 rings (SSSR count). The van der Waals surface area contributed by atoms with Crippen molar-refractivity contribution >= 4 is 11.7 Å². The van der Waals surface area contributed by atoms with Gasteiger partial charge in [-0.3, -0.25) is 4.79 Å². The third-order valence-corrected chi connectivity index (χ3v) is 3.74. The number of anilines is 1. The van der Waals surface area contributed by atoms with E-state index in [4.69, 9.17) is 5.84 Å². The van der Waals surface area contributed by atoms with Gasteiger partial charge < -0.3 is 10.7 Å². The summed E-state index contributed by atoms with van der Waals surface area (Å²) in [6, 6.07) is 9.45. The van der Waals surface area contributed by atoms with Crippen LogP contribution in [0.5, 0.6) is 0 Å². The maximum atomic E-state index is 13.9. The SMILES string of the molecule is NNc1nccc(C(=O)NCC2Cc3ccccc32)c1F. The van der Waals surface area contributed by atoms with Gasteiger partial charge in [-0.2, -0.15) is 0 Å². The molecule has 1 aromatic carbocycles. The minimum Gasteiger partial charge on any atom is -0.351 e. The Morgan fingerprint density at radius 1 is 1.38 bits per heavy atom. The number of amides is 1. The van der Waals surface area contributed by atoms with Crippen molar-refractivity contribution in [1.82, 2.24) is 10.3 Å². The standard InChI is InChI=1S/C15H15FN4O/c16-13-12(5-6-18-14(13)20-17)15(21)19-8-10-7-9-3-1-2-4-11(9)10/h1-6,10H,7-8,17H2,(H,18,20)(H,19,21). The number of rotatable bonds is 4. The third kappa shape index (κ3) is 2.45. The Hall–Kier alpha value is -2.47. The summed E-state index contributed by atoms with van der Waals surface area (Å²) in [5, 5.41) is 2.76. The van der Waals surface area contributed by atoms with Crippen molar-refractivity contribution in [2.45, 2.75) is 12.3 Å². The molecule has 1 heterocycles. The molecule has 2 aromatic rings. The molecule has 0 saturated carbocycles. The molecule has 6 heteroatoms. The zero-order chi connectivity index (χ0) is 14.8. The number of pyridine rings is 1. The molecule has 4 N–H and O–H groups in total. The number of halogens is 1. The van der Waals surface area contributed by atoms with Gasteiger partial charge in [0.05, 0.1) is 5.56 Å². The van der Waals surface area contributed by atoms with Gasteiger partial charge in [0.25, 0.3) is 5.91 Å². The predicted octanol–water partition coefficient (Wildman–Crippen LogP) is 1.58. The number of fused-ring (bicyclic) bond motifs is 1. The van der Waals surface area contributed by atoms with Crippen LogP contribution >= 0.6 is 0 Å². The first-order valence-electron chi connectivity index (χ1n) is 6.68. The molecular formula is C15H15FN4O. The quantitative estimate of drug-likeness (QED) is 0.589. The van der Waals surface area contributed by atoms with Crippen molar-refractivity contribution in [3.63, 3.8) is 0 Å². The molecule has 108 valence electrons. The molecule has 0 fully saturated rings. The molecule has 1 aliphatic rings. The van der Waals surface area contributed by atoms with E-state index in [0.29, 0.717) is 12.5 Å². The molecule has 1 unspecified atom stereocenters. The number of nitrogens with two attached hydrogens (primary N) is 1. The Morgan fingerprint density at radius 3 is 2.95 bits per heavy atom. The van der Waals surface area contributed by atoms with Gasteiger partial charge in [0, 0.05) is 18.7 Å². The summed E-state index contributed by atoms with van der Waals surface area (Å²) < 4.78 is 13.9. The third-order valence-electron chi connectivity index (χ3n) is 3.74. The number of carbonyl (C=O) groups is 1. The maximum Gasteiger partial charge on any atom is 0.254 e. The normalized spacial score (nSPS) is 15.8. The van der Waals surface area contributed by atoms with Crippen molar-refractivity contribution in [3.05, 3.63) is 59.0 Å². The zero-order valence-electron chi connectivity index (χ0n) is 11.3. The van der Waals surface area contributed by atoms with Crippen molar-refractivity contribution in [1.29, 1.82) is 0 Å². The highest BCUT2D eigenvalue weighted by Crippen LogP contribution is 2.34. The monoisotopic (exact) mass is 286 g/mol. The van der Waals surface area contributed by atoms with E-state index in [0.717, 1.165) is 6.42 Å². The van der Waals surface area contributed by atoms with Crippen molar-refractivity contribution < 1.29 is 9.18 Å². The Balaban J connectivity index is 1.66. The van der Waals surface area contributed by atoms with Gasteiger partial charge in [0.15, 0.2) is 11.6 Å². The van der Waals surface area contributed by atoms with E-state index >= 15 is 0 Å². The van der Waals surface area contributed by atoms with Crippen LogP contribution in [0.15, 0.2) is 36.5 Å². The van der Waals surface area contributed by atoms with E-state index in [1.807, 2.05) is 12.1 Å². The average molecular weight is 286 g/mol. The zero-order valence-corrected chi connectivity index (χ0v) is 11.3. The lowest BCUT2D eigenvalue weighted by molar-refractivity contribution is 0.0946. The van der Waals surface area contributed by atoms with E-state index in [2.05, 4.69) is 27.9 Å². The summed E-state index contributed by atoms with van der Waals surface area (Å²) in [6.07, 6.45) is 2.27. The molecular weight excluding hydrogens is 271 g/mol. The Bertz CT molecular complexity index is 689. The molecule has 0 bridgehead atoms. The summed E-state index contributed by atoms with van der Waals surface area (Å²) in [4.78, 5) is 15.7. The van der Waals surface area contributed by atoms with E-state index in [1.54, 1.807) is 0 Å². The number of hydrogen-bond acceptors (Lipinski definition) is 4. The molecule has 21 heavy (non-hydrogen) atoms. The second kappa shape index (κ2) is 5.49. The highest BCUT2D eigenvalue weighted by atomic mass is 19.1. The average Bonchev–Trinajstić information content (AvgIpc) is 2.48. The first-order valence-corrected chi connectivity index (χ1v) is 6.68. The Morgan fingerprint density at radius 2 is 2.19 bits per heavy atom. The number of nitrogens with one attached hydrogen (secondary N) is 2. The van der Waals surface area contributed by atoms with E-state index in [-0.39, 0.29) is 11.4 Å². The molecule has 0 aliphatic heterocycles. The van der Waals surface area contributed by atoms with Crippen molar-refractivity contribution in [2.75, 3.05) is 12.0 Å². The minimum absolute atomic E-state index is 0.0643. The fourth-order valence-corrected chi connectivity index (χ4v) is 2.58. The Labute approximate surface area is 121 Å². The Kier molecular flexibility index (Phi) is 3.53. The number of nitrogens with zero attached hydrogens (tertiary/aromatic N) is 1. The van der Waals surface area contributed by atoms with E-state index in [1.165, 1.54) is 23.4 Å². The van der Waals surface area contributed by atoms with Crippen LogP contribution in [0.1, 0.15) is 27.4 Å². The number of carbonyl (C=O) groups excluding carboxylic acids is 1. The summed E-state index contributed by atoms with van der Waals surface area (Å²) in [6.45, 7) is 0.489. The van der Waals surface area contributed by atoms with Crippen molar-refractivity contribution in [2.24, 2.45) is 5.84 Å². The van der Waals surface area contributed by atoms with Gasteiger partial charge >= 0.3 is 0 Å². The number of hydrogen-bond donors (Lipinski definition) is 3. The second-order valence-corrected chi connectivity index (χ2v) is 4.98. The number of nitrogen functional groups attached to an aromatic ring is 1. The van der Waals surface area contributed by atoms with Gasteiger partial charge in [-0.05, 0) is 23.6 Å². The van der Waals surface area contributed by atoms with Gasteiger partial charge in [-0.1, -0.05) is 24.3 Å². The largest absolute Gasteiger partial charge is 0.351 e. The van der Waals surface area contributed by atoms with Gasteiger partial charge in [0.2, 0.25) is 0 Å². The molecule has 0 radical (unpaired) electrons. The molecule has 0 saturated heterocycles. The van der Waals surface area contributed by atoms with Crippen LogP contribution in [0.3, 0.4) is 0 Å². The minimum atomic E-state index is -0.744. The fourth-order valence-electron chi connectivity index (χ4n) is 2.58. The van der Waals surface area contributed by atoms with Crippen LogP contribution in [0, 0.1) is 5.82 Å². The molecule has 1 atom stereocenters. The van der Waals surface area contributed by atoms with Crippen LogP contribution in [0.25, 0.3) is 0 Å². The van der Waals surface area contributed by atoms with Crippen LogP contribution < -0.4 is 16.6 Å². The molecule has 1 aromatic heterocycles. The highest BCUT2D eigenvalue weighted by molar-refractivity contribution is 5.95. The lowest BCUT2D eigenvalue weighted by Crippen LogP contribution is -2.33. The first-order chi connectivity index (χ1) is 10.2. The molecule has 0 spiro atoms. The van der Waals surface area contributed by atoms with Crippen LogP contribution in [0.4, 0.5) is 10.2 Å².